The Morgan fingerprint density at radius 2 is 1.96 bits per heavy atom. The first-order valence-electron chi connectivity index (χ1n) is 7.53. The van der Waals surface area contributed by atoms with Gasteiger partial charge in [-0.1, -0.05) is 57.6 Å². The summed E-state index contributed by atoms with van der Waals surface area (Å²) in [6, 6.07) is 14.5. The molecular formula is C17H15BrFN3OS2. The molecule has 1 heterocycles. The number of halogens is 2. The molecule has 0 bridgehead atoms. The number of benzene rings is 2. The molecule has 1 unspecified atom stereocenters. The van der Waals surface area contributed by atoms with E-state index in [4.69, 9.17) is 0 Å². The summed E-state index contributed by atoms with van der Waals surface area (Å²) in [5.74, 6) is 0.706. The van der Waals surface area contributed by atoms with Gasteiger partial charge in [-0.3, -0.25) is 4.21 Å². The van der Waals surface area contributed by atoms with Gasteiger partial charge in [0.1, 0.15) is 5.82 Å². The highest BCUT2D eigenvalue weighted by Crippen LogP contribution is 2.30. The smallest absolute Gasteiger partial charge is 0.206 e. The van der Waals surface area contributed by atoms with Gasteiger partial charge >= 0.3 is 0 Å². The summed E-state index contributed by atoms with van der Waals surface area (Å²) in [4.78, 5) is 0. The van der Waals surface area contributed by atoms with E-state index in [2.05, 4.69) is 31.4 Å². The average Bonchev–Trinajstić information content (AvgIpc) is 3.06. The molecule has 3 rings (SSSR count). The van der Waals surface area contributed by atoms with Crippen LogP contribution in [0.1, 0.15) is 5.56 Å². The minimum atomic E-state index is -0.953. The van der Waals surface area contributed by atoms with E-state index >= 15 is 0 Å². The van der Waals surface area contributed by atoms with Crippen LogP contribution in [0.2, 0.25) is 0 Å². The number of aromatic nitrogens is 2. The Labute approximate surface area is 160 Å². The van der Waals surface area contributed by atoms with Gasteiger partial charge in [-0.2, -0.15) is 0 Å². The molecule has 0 aliphatic heterocycles. The van der Waals surface area contributed by atoms with Gasteiger partial charge in [0.25, 0.3) is 0 Å². The van der Waals surface area contributed by atoms with Gasteiger partial charge in [-0.25, -0.2) is 4.39 Å². The van der Waals surface area contributed by atoms with Crippen molar-refractivity contribution < 1.29 is 8.60 Å². The Morgan fingerprint density at radius 3 is 2.76 bits per heavy atom. The van der Waals surface area contributed by atoms with Crippen molar-refractivity contribution in [2.75, 3.05) is 17.6 Å². The van der Waals surface area contributed by atoms with Crippen LogP contribution in [0.3, 0.4) is 0 Å². The Morgan fingerprint density at radius 1 is 1.16 bits per heavy atom. The van der Waals surface area contributed by atoms with E-state index in [9.17, 15) is 8.60 Å². The third kappa shape index (κ3) is 5.17. The van der Waals surface area contributed by atoms with Gasteiger partial charge in [0.15, 0.2) is 5.01 Å². The van der Waals surface area contributed by atoms with E-state index in [-0.39, 0.29) is 5.82 Å². The van der Waals surface area contributed by atoms with Gasteiger partial charge in [0, 0.05) is 38.9 Å². The van der Waals surface area contributed by atoms with Crippen molar-refractivity contribution in [2.24, 2.45) is 0 Å². The average molecular weight is 440 g/mol. The van der Waals surface area contributed by atoms with Crippen LogP contribution >= 0.6 is 27.3 Å². The maximum atomic E-state index is 13.9. The summed E-state index contributed by atoms with van der Waals surface area (Å²) < 4.78 is 26.8. The number of nitrogens with zero attached hydrogens (tertiary/aromatic N) is 2. The molecule has 130 valence electrons. The van der Waals surface area contributed by atoms with Crippen LogP contribution in [0, 0.1) is 5.82 Å². The molecule has 4 nitrogen and oxygen atoms in total. The Kier molecular flexibility index (Phi) is 6.28. The Balaban J connectivity index is 1.54. The van der Waals surface area contributed by atoms with Crippen molar-refractivity contribution in [1.82, 2.24) is 10.2 Å². The number of hydrogen-bond donors (Lipinski definition) is 1. The van der Waals surface area contributed by atoms with Crippen LogP contribution in [0.5, 0.6) is 0 Å². The van der Waals surface area contributed by atoms with E-state index in [0.717, 1.165) is 10.0 Å². The lowest BCUT2D eigenvalue weighted by atomic mass is 10.2. The molecule has 0 aliphatic rings. The van der Waals surface area contributed by atoms with E-state index in [0.29, 0.717) is 33.8 Å². The van der Waals surface area contributed by atoms with Gasteiger partial charge in [-0.15, -0.1) is 10.2 Å². The first-order valence-corrected chi connectivity index (χ1v) is 10.6. The molecule has 1 atom stereocenters. The largest absolute Gasteiger partial charge is 0.359 e. The summed E-state index contributed by atoms with van der Waals surface area (Å²) in [7, 11) is -0.953. The lowest BCUT2D eigenvalue weighted by molar-refractivity contribution is 0.630. The minimum absolute atomic E-state index is 0.338. The third-order valence-electron chi connectivity index (χ3n) is 3.36. The SMILES string of the molecule is O=S(CCNc1nnc(-c2cc(Br)ccc2F)s1)Cc1ccccc1. The minimum Gasteiger partial charge on any atom is -0.359 e. The second-order valence-corrected chi connectivity index (χ2v) is 8.71. The van der Waals surface area contributed by atoms with Gasteiger partial charge in [-0.05, 0) is 23.8 Å². The molecule has 8 heteroatoms. The zero-order chi connectivity index (χ0) is 17.6. The quantitative estimate of drug-likeness (QED) is 0.589. The molecule has 0 spiro atoms. The maximum Gasteiger partial charge on any atom is 0.206 e. The second kappa shape index (κ2) is 8.64. The number of nitrogens with one attached hydrogen (secondary N) is 1. The normalized spacial score (nSPS) is 12.1. The molecule has 0 radical (unpaired) electrons. The fourth-order valence-corrected chi connectivity index (χ4v) is 4.36. The van der Waals surface area contributed by atoms with E-state index in [1.807, 2.05) is 30.3 Å². The van der Waals surface area contributed by atoms with E-state index in [1.54, 1.807) is 12.1 Å². The van der Waals surface area contributed by atoms with Gasteiger partial charge in [0.05, 0.1) is 0 Å². The standard InChI is InChI=1S/C17H15BrFN3OS2/c18-13-6-7-15(19)14(10-13)16-21-22-17(24-16)20-8-9-25(23)11-12-4-2-1-3-5-12/h1-7,10H,8-9,11H2,(H,20,22). The highest BCUT2D eigenvalue weighted by atomic mass is 79.9. The molecule has 0 saturated carbocycles. The lowest BCUT2D eigenvalue weighted by Gasteiger charge is -2.03. The fourth-order valence-electron chi connectivity index (χ4n) is 2.17. The molecule has 3 aromatic rings. The number of hydrogen-bond acceptors (Lipinski definition) is 5. The highest BCUT2D eigenvalue weighted by molar-refractivity contribution is 9.10. The number of anilines is 1. The van der Waals surface area contributed by atoms with Crippen molar-refractivity contribution in [3.8, 4) is 10.6 Å². The lowest BCUT2D eigenvalue weighted by Crippen LogP contribution is -2.12. The van der Waals surface area contributed by atoms with Crippen molar-refractivity contribution >= 4 is 43.2 Å². The number of rotatable bonds is 7. The Bertz CT molecular complexity index is 873. The van der Waals surface area contributed by atoms with Crippen LogP contribution in [-0.2, 0) is 16.6 Å². The monoisotopic (exact) mass is 439 g/mol. The Hall–Kier alpha value is -1.64. The first-order chi connectivity index (χ1) is 12.1. The zero-order valence-corrected chi connectivity index (χ0v) is 16.3. The van der Waals surface area contributed by atoms with E-state index in [1.165, 1.54) is 17.4 Å². The first kappa shape index (κ1) is 18.2. The molecule has 0 saturated heterocycles. The van der Waals surface area contributed by atoms with Crippen molar-refractivity contribution in [3.05, 3.63) is 64.4 Å². The molecular weight excluding hydrogens is 425 g/mol. The van der Waals surface area contributed by atoms with Gasteiger partial charge < -0.3 is 5.32 Å². The van der Waals surface area contributed by atoms with Crippen LogP contribution in [0.25, 0.3) is 10.6 Å². The van der Waals surface area contributed by atoms with Crippen molar-refractivity contribution in [1.29, 1.82) is 0 Å². The molecule has 0 aliphatic carbocycles. The molecule has 1 N–H and O–H groups in total. The predicted octanol–water partition coefficient (Wildman–Crippen LogP) is 4.47. The topological polar surface area (TPSA) is 54.9 Å². The predicted molar refractivity (Wildman–Crippen MR) is 105 cm³/mol. The van der Waals surface area contributed by atoms with Crippen molar-refractivity contribution in [2.45, 2.75) is 5.75 Å². The van der Waals surface area contributed by atoms with Crippen LogP contribution in [0.15, 0.2) is 53.0 Å². The van der Waals surface area contributed by atoms with Crippen LogP contribution < -0.4 is 5.32 Å². The van der Waals surface area contributed by atoms with Crippen LogP contribution in [0.4, 0.5) is 9.52 Å². The zero-order valence-electron chi connectivity index (χ0n) is 13.1. The summed E-state index contributed by atoms with van der Waals surface area (Å²) in [6.45, 7) is 0.523. The summed E-state index contributed by atoms with van der Waals surface area (Å²) >= 11 is 4.60. The highest BCUT2D eigenvalue weighted by Gasteiger charge is 2.12. The second-order valence-electron chi connectivity index (χ2n) is 5.24. The van der Waals surface area contributed by atoms with Crippen LogP contribution in [-0.4, -0.2) is 26.7 Å². The summed E-state index contributed by atoms with van der Waals surface area (Å²) in [5.41, 5.74) is 1.47. The van der Waals surface area contributed by atoms with E-state index < -0.39 is 10.8 Å². The van der Waals surface area contributed by atoms with Crippen molar-refractivity contribution in [3.63, 3.8) is 0 Å². The molecule has 0 amide bonds. The van der Waals surface area contributed by atoms with Gasteiger partial charge in [0.2, 0.25) is 5.13 Å². The molecule has 1 aromatic heterocycles. The summed E-state index contributed by atoms with van der Waals surface area (Å²) in [5, 5.41) is 12.2. The maximum absolute atomic E-state index is 13.9. The molecule has 0 fully saturated rings. The molecule has 2 aromatic carbocycles. The summed E-state index contributed by atoms with van der Waals surface area (Å²) in [6.07, 6.45) is 0. The molecule has 25 heavy (non-hydrogen) atoms. The third-order valence-corrected chi connectivity index (χ3v) is 6.08. The fraction of sp³-hybridized carbons (Fsp3) is 0.176.